The molecule has 3 aromatic rings. The molecule has 1 aromatic heterocycles. The normalized spacial score (nSPS) is 10.9. The van der Waals surface area contributed by atoms with E-state index in [2.05, 4.69) is 49.4 Å². The molecule has 23 heavy (non-hydrogen) atoms. The fourth-order valence-corrected chi connectivity index (χ4v) is 2.87. The Bertz CT molecular complexity index is 777. The Kier molecular flexibility index (Phi) is 4.92. The number of rotatable bonds is 6. The number of pyridine rings is 1. The van der Waals surface area contributed by atoms with Crippen molar-refractivity contribution in [1.82, 2.24) is 4.98 Å². The molecule has 0 unspecified atom stereocenters. The Hall–Kier alpha value is -2.35. The Morgan fingerprint density at radius 3 is 2.48 bits per heavy atom. The van der Waals surface area contributed by atoms with E-state index in [0.29, 0.717) is 0 Å². The van der Waals surface area contributed by atoms with E-state index in [4.69, 9.17) is 9.72 Å². The summed E-state index contributed by atoms with van der Waals surface area (Å²) in [6.07, 6.45) is 4.99. The summed E-state index contributed by atoms with van der Waals surface area (Å²) in [5.74, 6) is 0.820. The van der Waals surface area contributed by atoms with Crippen molar-refractivity contribution in [3.8, 4) is 17.0 Å². The highest BCUT2D eigenvalue weighted by Crippen LogP contribution is 2.27. The van der Waals surface area contributed by atoms with Crippen molar-refractivity contribution < 1.29 is 4.74 Å². The van der Waals surface area contributed by atoms with Gasteiger partial charge in [-0.05, 0) is 30.5 Å². The number of para-hydroxylation sites is 1. The van der Waals surface area contributed by atoms with Gasteiger partial charge >= 0.3 is 0 Å². The van der Waals surface area contributed by atoms with Crippen molar-refractivity contribution in [2.24, 2.45) is 0 Å². The minimum absolute atomic E-state index is 0.820. The van der Waals surface area contributed by atoms with Gasteiger partial charge in [0.2, 0.25) is 0 Å². The van der Waals surface area contributed by atoms with Crippen LogP contribution in [0.3, 0.4) is 0 Å². The summed E-state index contributed by atoms with van der Waals surface area (Å²) in [6.45, 7) is 2.24. The minimum atomic E-state index is 0.820. The van der Waals surface area contributed by atoms with E-state index in [1.165, 1.54) is 24.8 Å². The number of ether oxygens (including phenoxy) is 1. The van der Waals surface area contributed by atoms with Crippen LogP contribution in [0.25, 0.3) is 22.2 Å². The molecule has 1 heterocycles. The van der Waals surface area contributed by atoms with E-state index in [1.807, 2.05) is 12.1 Å². The van der Waals surface area contributed by atoms with E-state index in [0.717, 1.165) is 34.3 Å². The van der Waals surface area contributed by atoms with Crippen LogP contribution in [0, 0.1) is 0 Å². The molecule has 0 N–H and O–H groups in total. The van der Waals surface area contributed by atoms with Crippen LogP contribution in [-0.4, -0.2) is 12.1 Å². The van der Waals surface area contributed by atoms with E-state index >= 15 is 0 Å². The van der Waals surface area contributed by atoms with Crippen molar-refractivity contribution in [1.29, 1.82) is 0 Å². The zero-order chi connectivity index (χ0) is 16.1. The molecule has 0 spiro atoms. The van der Waals surface area contributed by atoms with Gasteiger partial charge in [0.25, 0.3) is 0 Å². The molecule has 0 radical (unpaired) electrons. The number of hydrogen-bond acceptors (Lipinski definition) is 2. The summed E-state index contributed by atoms with van der Waals surface area (Å²) in [4.78, 5) is 4.80. The third-order valence-corrected chi connectivity index (χ3v) is 4.22. The van der Waals surface area contributed by atoms with Gasteiger partial charge in [0.15, 0.2) is 0 Å². The monoisotopic (exact) mass is 305 g/mol. The Labute approximate surface area is 138 Å². The minimum Gasteiger partial charge on any atom is -0.494 e. The lowest BCUT2D eigenvalue weighted by Crippen LogP contribution is -1.91. The first kappa shape index (κ1) is 15.5. The van der Waals surface area contributed by atoms with Gasteiger partial charge in [-0.15, -0.1) is 0 Å². The smallest absolute Gasteiger partial charge is 0.145 e. The number of benzene rings is 2. The second-order valence-corrected chi connectivity index (χ2v) is 5.88. The highest BCUT2D eigenvalue weighted by molar-refractivity contribution is 5.86. The summed E-state index contributed by atoms with van der Waals surface area (Å²) >= 11 is 0. The molecule has 2 nitrogen and oxygen atoms in total. The molecule has 0 aliphatic heterocycles. The molecule has 0 saturated heterocycles. The lowest BCUT2D eigenvalue weighted by Gasteiger charge is -2.08. The van der Waals surface area contributed by atoms with Crippen LogP contribution in [0.1, 0.15) is 31.7 Å². The second kappa shape index (κ2) is 7.28. The lowest BCUT2D eigenvalue weighted by atomic mass is 10.0. The van der Waals surface area contributed by atoms with Crippen LogP contribution >= 0.6 is 0 Å². The highest BCUT2D eigenvalue weighted by Gasteiger charge is 2.06. The quantitative estimate of drug-likeness (QED) is 0.549. The van der Waals surface area contributed by atoms with E-state index in [9.17, 15) is 0 Å². The van der Waals surface area contributed by atoms with Gasteiger partial charge in [-0.3, -0.25) is 0 Å². The van der Waals surface area contributed by atoms with E-state index < -0.39 is 0 Å². The fraction of sp³-hybridized carbons (Fsp3) is 0.286. The topological polar surface area (TPSA) is 22.1 Å². The molecular weight excluding hydrogens is 282 g/mol. The molecule has 0 aliphatic carbocycles. The standard InChI is InChI=1S/C21H23NO/c1-3-4-5-7-16-10-12-17(13-11-16)19-15-14-18-8-6-9-20(23-2)21(18)22-19/h6,8-15H,3-5,7H2,1-2H3. The predicted molar refractivity (Wildman–Crippen MR) is 97.0 cm³/mol. The van der Waals surface area contributed by atoms with Gasteiger partial charge < -0.3 is 4.74 Å². The van der Waals surface area contributed by atoms with Crippen molar-refractivity contribution in [3.05, 3.63) is 60.2 Å². The van der Waals surface area contributed by atoms with E-state index in [1.54, 1.807) is 7.11 Å². The summed E-state index contributed by atoms with van der Waals surface area (Å²) in [5, 5.41) is 1.10. The number of methoxy groups -OCH3 is 1. The third kappa shape index (κ3) is 3.53. The zero-order valence-corrected chi connectivity index (χ0v) is 13.9. The summed E-state index contributed by atoms with van der Waals surface area (Å²) in [5.41, 5.74) is 4.46. The van der Waals surface area contributed by atoms with Gasteiger partial charge in [-0.1, -0.05) is 62.2 Å². The van der Waals surface area contributed by atoms with Crippen LogP contribution < -0.4 is 4.74 Å². The molecule has 0 fully saturated rings. The van der Waals surface area contributed by atoms with Crippen LogP contribution in [-0.2, 0) is 6.42 Å². The number of hydrogen-bond donors (Lipinski definition) is 0. The average molecular weight is 305 g/mol. The van der Waals surface area contributed by atoms with Crippen LogP contribution in [0.15, 0.2) is 54.6 Å². The van der Waals surface area contributed by atoms with Gasteiger partial charge in [-0.2, -0.15) is 0 Å². The third-order valence-electron chi connectivity index (χ3n) is 4.22. The first-order valence-corrected chi connectivity index (χ1v) is 8.35. The molecule has 0 bridgehead atoms. The van der Waals surface area contributed by atoms with Crippen molar-refractivity contribution in [2.75, 3.05) is 7.11 Å². The highest BCUT2D eigenvalue weighted by atomic mass is 16.5. The van der Waals surface area contributed by atoms with E-state index in [-0.39, 0.29) is 0 Å². The summed E-state index contributed by atoms with van der Waals surface area (Å²) in [7, 11) is 1.69. The van der Waals surface area contributed by atoms with Crippen LogP contribution in [0.5, 0.6) is 5.75 Å². The summed E-state index contributed by atoms with van der Waals surface area (Å²) in [6, 6.07) is 19.0. The van der Waals surface area contributed by atoms with Crippen LogP contribution in [0.4, 0.5) is 0 Å². The van der Waals surface area contributed by atoms with Crippen molar-refractivity contribution in [2.45, 2.75) is 32.6 Å². The zero-order valence-electron chi connectivity index (χ0n) is 13.9. The first-order valence-electron chi connectivity index (χ1n) is 8.35. The first-order chi connectivity index (χ1) is 11.3. The molecule has 0 saturated carbocycles. The maximum atomic E-state index is 5.43. The molecule has 0 atom stereocenters. The number of nitrogens with zero attached hydrogens (tertiary/aromatic N) is 1. The molecule has 0 amide bonds. The molecular formula is C21H23NO. The number of aryl methyl sites for hydroxylation is 1. The molecule has 2 aromatic carbocycles. The maximum Gasteiger partial charge on any atom is 0.145 e. The number of aromatic nitrogens is 1. The second-order valence-electron chi connectivity index (χ2n) is 5.88. The number of unbranched alkanes of at least 4 members (excludes halogenated alkanes) is 2. The average Bonchev–Trinajstić information content (AvgIpc) is 2.61. The van der Waals surface area contributed by atoms with Crippen molar-refractivity contribution in [3.63, 3.8) is 0 Å². The van der Waals surface area contributed by atoms with Crippen LogP contribution in [0.2, 0.25) is 0 Å². The van der Waals surface area contributed by atoms with Gasteiger partial charge in [0.1, 0.15) is 11.3 Å². The Balaban J connectivity index is 1.87. The molecule has 0 aliphatic rings. The van der Waals surface area contributed by atoms with Gasteiger partial charge in [-0.25, -0.2) is 4.98 Å². The Morgan fingerprint density at radius 1 is 0.913 bits per heavy atom. The maximum absolute atomic E-state index is 5.43. The lowest BCUT2D eigenvalue weighted by molar-refractivity contribution is 0.419. The molecule has 2 heteroatoms. The Morgan fingerprint density at radius 2 is 1.74 bits per heavy atom. The number of fused-ring (bicyclic) bond motifs is 1. The predicted octanol–water partition coefficient (Wildman–Crippen LogP) is 5.64. The van der Waals surface area contributed by atoms with Gasteiger partial charge in [0, 0.05) is 10.9 Å². The molecule has 118 valence electrons. The molecule has 3 rings (SSSR count). The van der Waals surface area contributed by atoms with Gasteiger partial charge in [0.05, 0.1) is 12.8 Å². The largest absolute Gasteiger partial charge is 0.494 e. The SMILES string of the molecule is CCCCCc1ccc(-c2ccc3cccc(OC)c3n2)cc1. The summed E-state index contributed by atoms with van der Waals surface area (Å²) < 4.78 is 5.43. The van der Waals surface area contributed by atoms with Crippen molar-refractivity contribution >= 4 is 10.9 Å². The fourth-order valence-electron chi connectivity index (χ4n) is 2.87.